The molecule has 0 unspecified atom stereocenters. The zero-order valence-electron chi connectivity index (χ0n) is 9.72. The van der Waals surface area contributed by atoms with Crippen molar-refractivity contribution in [1.82, 2.24) is 4.98 Å². The van der Waals surface area contributed by atoms with E-state index in [2.05, 4.69) is 24.6 Å². The highest BCUT2D eigenvalue weighted by molar-refractivity contribution is 6.27. The standard InChI is InChI=1S/C13H16ClNO/c1-8(2)10-4-6-11(7-5-10)12-9(3)15-13(14)16-12/h6,10H,1,4-5,7H2,2-3H3/t10-/m0/s1. The highest BCUT2D eigenvalue weighted by Gasteiger charge is 2.19. The van der Waals surface area contributed by atoms with Gasteiger partial charge in [0.1, 0.15) is 0 Å². The van der Waals surface area contributed by atoms with Crippen molar-refractivity contribution >= 4 is 17.2 Å². The molecule has 0 fully saturated rings. The topological polar surface area (TPSA) is 26.0 Å². The van der Waals surface area contributed by atoms with E-state index in [1.807, 2.05) is 6.92 Å². The van der Waals surface area contributed by atoms with Gasteiger partial charge in [-0.2, -0.15) is 0 Å². The van der Waals surface area contributed by atoms with Gasteiger partial charge in [0.25, 0.3) is 5.35 Å². The van der Waals surface area contributed by atoms with Crippen molar-refractivity contribution in [3.63, 3.8) is 0 Å². The molecule has 1 aromatic rings. The molecule has 1 aliphatic rings. The van der Waals surface area contributed by atoms with Crippen LogP contribution in [-0.2, 0) is 0 Å². The number of aryl methyl sites for hydroxylation is 1. The monoisotopic (exact) mass is 237 g/mol. The lowest BCUT2D eigenvalue weighted by Crippen LogP contribution is -2.06. The molecule has 3 heteroatoms. The number of allylic oxidation sites excluding steroid dienone is 3. The summed E-state index contributed by atoms with van der Waals surface area (Å²) >= 11 is 5.74. The largest absolute Gasteiger partial charge is 0.428 e. The van der Waals surface area contributed by atoms with E-state index in [0.29, 0.717) is 5.92 Å². The first kappa shape index (κ1) is 11.5. The normalized spacial score (nSPS) is 20.7. The van der Waals surface area contributed by atoms with Gasteiger partial charge in [-0.25, -0.2) is 4.98 Å². The van der Waals surface area contributed by atoms with Gasteiger partial charge in [-0.05, 0) is 56.2 Å². The summed E-state index contributed by atoms with van der Waals surface area (Å²) in [4.78, 5) is 4.08. The van der Waals surface area contributed by atoms with Gasteiger partial charge in [0.05, 0.1) is 5.69 Å². The number of oxazole rings is 1. The van der Waals surface area contributed by atoms with Crippen LogP contribution < -0.4 is 0 Å². The molecule has 0 bridgehead atoms. The van der Waals surface area contributed by atoms with Crippen LogP contribution in [0.4, 0.5) is 0 Å². The summed E-state index contributed by atoms with van der Waals surface area (Å²) in [5, 5.41) is 0.232. The van der Waals surface area contributed by atoms with E-state index in [0.717, 1.165) is 30.7 Å². The van der Waals surface area contributed by atoms with Gasteiger partial charge in [0, 0.05) is 0 Å². The van der Waals surface area contributed by atoms with Crippen molar-refractivity contribution in [2.75, 3.05) is 0 Å². The number of aromatic nitrogens is 1. The number of halogens is 1. The smallest absolute Gasteiger partial charge is 0.292 e. The summed E-state index contributed by atoms with van der Waals surface area (Å²) in [6, 6.07) is 0. The minimum atomic E-state index is 0.232. The van der Waals surface area contributed by atoms with Crippen LogP contribution in [0.2, 0.25) is 5.35 Å². The predicted octanol–water partition coefficient (Wildman–Crippen LogP) is 4.40. The Morgan fingerprint density at radius 1 is 1.62 bits per heavy atom. The zero-order chi connectivity index (χ0) is 11.7. The number of nitrogens with zero attached hydrogens (tertiary/aromatic N) is 1. The van der Waals surface area contributed by atoms with Gasteiger partial charge in [0.15, 0.2) is 5.76 Å². The predicted molar refractivity (Wildman–Crippen MR) is 66.4 cm³/mol. The van der Waals surface area contributed by atoms with Gasteiger partial charge in [-0.3, -0.25) is 0 Å². The molecule has 1 atom stereocenters. The summed E-state index contributed by atoms with van der Waals surface area (Å²) in [5.74, 6) is 1.47. The maximum Gasteiger partial charge on any atom is 0.292 e. The molecule has 0 saturated carbocycles. The Hall–Kier alpha value is -1.02. The Morgan fingerprint density at radius 3 is 2.81 bits per heavy atom. The third-order valence-corrected chi connectivity index (χ3v) is 3.33. The van der Waals surface area contributed by atoms with Crippen molar-refractivity contribution < 1.29 is 4.42 Å². The summed E-state index contributed by atoms with van der Waals surface area (Å²) in [6.07, 6.45) is 5.43. The Bertz CT molecular complexity index is 445. The van der Waals surface area contributed by atoms with Crippen molar-refractivity contribution in [2.24, 2.45) is 5.92 Å². The Balaban J connectivity index is 2.19. The molecular weight excluding hydrogens is 222 g/mol. The van der Waals surface area contributed by atoms with E-state index in [1.165, 1.54) is 11.1 Å². The van der Waals surface area contributed by atoms with Gasteiger partial charge in [-0.15, -0.1) is 0 Å². The minimum absolute atomic E-state index is 0.232. The summed E-state index contributed by atoms with van der Waals surface area (Å²) in [5.41, 5.74) is 3.38. The average molecular weight is 238 g/mol. The fraction of sp³-hybridized carbons (Fsp3) is 0.462. The van der Waals surface area contributed by atoms with E-state index in [9.17, 15) is 0 Å². The van der Waals surface area contributed by atoms with Crippen molar-refractivity contribution in [3.05, 3.63) is 35.0 Å². The second-order valence-corrected chi connectivity index (χ2v) is 4.75. The van der Waals surface area contributed by atoms with Crippen LogP contribution in [0, 0.1) is 12.8 Å². The molecule has 2 nitrogen and oxygen atoms in total. The zero-order valence-corrected chi connectivity index (χ0v) is 10.5. The van der Waals surface area contributed by atoms with Crippen LogP contribution in [0.1, 0.15) is 37.6 Å². The molecule has 0 saturated heterocycles. The molecule has 0 aliphatic heterocycles. The van der Waals surface area contributed by atoms with Crippen LogP contribution in [0.5, 0.6) is 0 Å². The Kier molecular flexibility index (Phi) is 3.20. The van der Waals surface area contributed by atoms with Gasteiger partial charge < -0.3 is 4.42 Å². The summed E-state index contributed by atoms with van der Waals surface area (Å²) in [7, 11) is 0. The molecular formula is C13H16ClNO. The first-order valence-corrected chi connectivity index (χ1v) is 5.93. The lowest BCUT2D eigenvalue weighted by atomic mass is 9.85. The van der Waals surface area contributed by atoms with E-state index < -0.39 is 0 Å². The maximum atomic E-state index is 5.74. The highest BCUT2D eigenvalue weighted by atomic mass is 35.5. The first-order valence-electron chi connectivity index (χ1n) is 5.55. The number of hydrogen-bond donors (Lipinski definition) is 0. The minimum Gasteiger partial charge on any atom is -0.428 e. The maximum absolute atomic E-state index is 5.74. The molecule has 1 heterocycles. The molecule has 1 aliphatic carbocycles. The third kappa shape index (κ3) is 2.22. The number of hydrogen-bond acceptors (Lipinski definition) is 2. The van der Waals surface area contributed by atoms with E-state index in [-0.39, 0.29) is 5.35 Å². The molecule has 86 valence electrons. The van der Waals surface area contributed by atoms with Crippen molar-refractivity contribution in [1.29, 1.82) is 0 Å². The van der Waals surface area contributed by atoms with Gasteiger partial charge in [-0.1, -0.05) is 18.2 Å². The van der Waals surface area contributed by atoms with Crippen LogP contribution >= 0.6 is 11.6 Å². The third-order valence-electron chi connectivity index (χ3n) is 3.17. The molecule has 16 heavy (non-hydrogen) atoms. The van der Waals surface area contributed by atoms with Crippen molar-refractivity contribution in [3.8, 4) is 0 Å². The van der Waals surface area contributed by atoms with E-state index in [1.54, 1.807) is 0 Å². The second-order valence-electron chi connectivity index (χ2n) is 4.43. The molecule has 0 aromatic carbocycles. The number of rotatable bonds is 2. The molecule has 1 aromatic heterocycles. The van der Waals surface area contributed by atoms with Gasteiger partial charge in [0.2, 0.25) is 0 Å². The Morgan fingerprint density at radius 2 is 2.38 bits per heavy atom. The van der Waals surface area contributed by atoms with Crippen LogP contribution in [0.25, 0.3) is 5.57 Å². The van der Waals surface area contributed by atoms with Crippen molar-refractivity contribution in [2.45, 2.75) is 33.1 Å². The lowest BCUT2D eigenvalue weighted by Gasteiger charge is -2.21. The molecule has 0 N–H and O–H groups in total. The van der Waals surface area contributed by atoms with Gasteiger partial charge >= 0.3 is 0 Å². The van der Waals surface area contributed by atoms with Crippen LogP contribution in [-0.4, -0.2) is 4.98 Å². The SMILES string of the molecule is C=C(C)[C@H]1CC=C(c2oc(Cl)nc2C)CC1. The average Bonchev–Trinajstić information content (AvgIpc) is 2.58. The summed E-state index contributed by atoms with van der Waals surface area (Å²) < 4.78 is 5.41. The fourth-order valence-electron chi connectivity index (χ4n) is 2.15. The molecule has 0 amide bonds. The van der Waals surface area contributed by atoms with E-state index >= 15 is 0 Å². The molecule has 2 rings (SSSR count). The second kappa shape index (κ2) is 4.46. The summed E-state index contributed by atoms with van der Waals surface area (Å²) in [6.45, 7) is 8.04. The van der Waals surface area contributed by atoms with E-state index in [4.69, 9.17) is 16.0 Å². The molecule has 0 spiro atoms. The fourth-order valence-corrected chi connectivity index (χ4v) is 2.35. The van der Waals surface area contributed by atoms with Crippen LogP contribution in [0.3, 0.4) is 0 Å². The quantitative estimate of drug-likeness (QED) is 0.713. The lowest BCUT2D eigenvalue weighted by molar-refractivity contribution is 0.521. The first-order chi connectivity index (χ1) is 7.58. The Labute approximate surface area is 101 Å². The highest BCUT2D eigenvalue weighted by Crippen LogP contribution is 2.35. The van der Waals surface area contributed by atoms with Crippen LogP contribution in [0.15, 0.2) is 22.6 Å². The molecule has 0 radical (unpaired) electrons.